The first-order chi connectivity index (χ1) is 14.0. The van der Waals surface area contributed by atoms with Gasteiger partial charge in [-0.1, -0.05) is 26.0 Å². The number of carbonyl (C=O) groups is 1. The van der Waals surface area contributed by atoms with Crippen molar-refractivity contribution in [1.29, 1.82) is 0 Å². The standard InChI is InChI=1S/C23H36N6O/c1-16(2)20-19(15-29(8)27-20)14-28(7)22(24-6)25-13-17-10-9-11-18(12-17)21(30)26-23(3,4)5/h9-12,15-16H,13-14H2,1-8H3,(H,24,25)(H,26,30). The van der Waals surface area contributed by atoms with Gasteiger partial charge >= 0.3 is 0 Å². The summed E-state index contributed by atoms with van der Waals surface area (Å²) in [7, 11) is 5.74. The number of hydrogen-bond donors (Lipinski definition) is 2. The summed E-state index contributed by atoms with van der Waals surface area (Å²) in [5.41, 5.74) is 3.72. The van der Waals surface area contributed by atoms with E-state index in [0.717, 1.165) is 23.8 Å². The Hall–Kier alpha value is -2.83. The predicted octanol–water partition coefficient (Wildman–Crippen LogP) is 3.28. The van der Waals surface area contributed by atoms with Crippen LogP contribution in [0.25, 0.3) is 0 Å². The van der Waals surface area contributed by atoms with E-state index >= 15 is 0 Å². The molecule has 0 atom stereocenters. The summed E-state index contributed by atoms with van der Waals surface area (Å²) in [5, 5.41) is 11.0. The van der Waals surface area contributed by atoms with Crippen LogP contribution in [0.15, 0.2) is 35.5 Å². The van der Waals surface area contributed by atoms with Crippen molar-refractivity contribution in [1.82, 2.24) is 25.3 Å². The van der Waals surface area contributed by atoms with E-state index < -0.39 is 0 Å². The van der Waals surface area contributed by atoms with Crippen molar-refractivity contribution in [3.05, 3.63) is 52.8 Å². The first-order valence-corrected chi connectivity index (χ1v) is 10.4. The lowest BCUT2D eigenvalue weighted by Crippen LogP contribution is -2.40. The van der Waals surface area contributed by atoms with Crippen molar-refractivity contribution in [2.24, 2.45) is 12.0 Å². The van der Waals surface area contributed by atoms with Crippen LogP contribution >= 0.6 is 0 Å². The normalized spacial score (nSPS) is 12.2. The lowest BCUT2D eigenvalue weighted by Gasteiger charge is -2.23. The van der Waals surface area contributed by atoms with Crippen LogP contribution in [0, 0.1) is 0 Å². The second kappa shape index (κ2) is 9.78. The van der Waals surface area contributed by atoms with E-state index in [2.05, 4.69) is 45.7 Å². The zero-order valence-corrected chi connectivity index (χ0v) is 19.6. The SMILES string of the molecule is CN=C(NCc1cccc(C(=O)NC(C)(C)C)c1)N(C)Cc1cn(C)nc1C(C)C. The first-order valence-electron chi connectivity index (χ1n) is 10.4. The fourth-order valence-corrected chi connectivity index (χ4v) is 3.29. The predicted molar refractivity (Wildman–Crippen MR) is 123 cm³/mol. The number of nitrogens with one attached hydrogen (secondary N) is 2. The molecule has 2 N–H and O–H groups in total. The second-order valence-electron chi connectivity index (χ2n) is 9.03. The van der Waals surface area contributed by atoms with Gasteiger partial charge in [0.2, 0.25) is 0 Å². The van der Waals surface area contributed by atoms with Gasteiger partial charge in [-0.3, -0.25) is 14.5 Å². The summed E-state index contributed by atoms with van der Waals surface area (Å²) >= 11 is 0. The molecule has 7 nitrogen and oxygen atoms in total. The molecule has 0 spiro atoms. The zero-order valence-electron chi connectivity index (χ0n) is 19.6. The highest BCUT2D eigenvalue weighted by molar-refractivity contribution is 5.94. The maximum absolute atomic E-state index is 12.4. The summed E-state index contributed by atoms with van der Waals surface area (Å²) in [4.78, 5) is 18.9. The molecule has 0 aliphatic heterocycles. The minimum absolute atomic E-state index is 0.0661. The Morgan fingerprint density at radius 2 is 2.00 bits per heavy atom. The number of hydrogen-bond acceptors (Lipinski definition) is 3. The summed E-state index contributed by atoms with van der Waals surface area (Å²) in [6.07, 6.45) is 2.07. The molecule has 1 heterocycles. The van der Waals surface area contributed by atoms with Crippen LogP contribution in [-0.4, -0.2) is 46.2 Å². The van der Waals surface area contributed by atoms with Gasteiger partial charge in [0.05, 0.1) is 5.69 Å². The molecule has 1 aromatic heterocycles. The number of amides is 1. The van der Waals surface area contributed by atoms with Crippen molar-refractivity contribution < 1.29 is 4.79 Å². The van der Waals surface area contributed by atoms with Crippen molar-refractivity contribution in [2.75, 3.05) is 14.1 Å². The smallest absolute Gasteiger partial charge is 0.251 e. The fourth-order valence-electron chi connectivity index (χ4n) is 3.29. The number of rotatable bonds is 6. The van der Waals surface area contributed by atoms with Crippen LogP contribution in [-0.2, 0) is 20.1 Å². The third-order valence-electron chi connectivity index (χ3n) is 4.59. The molecular weight excluding hydrogens is 376 g/mol. The zero-order chi connectivity index (χ0) is 22.5. The van der Waals surface area contributed by atoms with E-state index in [-0.39, 0.29) is 11.4 Å². The molecule has 1 aromatic carbocycles. The number of guanidine groups is 1. The van der Waals surface area contributed by atoms with Gasteiger partial charge in [0, 0.05) is 57.1 Å². The number of benzene rings is 1. The molecule has 0 bridgehead atoms. The topological polar surface area (TPSA) is 74.6 Å². The van der Waals surface area contributed by atoms with Gasteiger partial charge in [-0.05, 0) is 44.4 Å². The van der Waals surface area contributed by atoms with Crippen molar-refractivity contribution in [3.63, 3.8) is 0 Å². The minimum atomic E-state index is -0.267. The van der Waals surface area contributed by atoms with E-state index in [1.807, 2.05) is 63.8 Å². The van der Waals surface area contributed by atoms with Gasteiger partial charge in [-0.25, -0.2) is 0 Å². The molecule has 0 radical (unpaired) electrons. The molecular formula is C23H36N6O. The number of carbonyl (C=O) groups excluding carboxylic acids is 1. The lowest BCUT2D eigenvalue weighted by molar-refractivity contribution is 0.0919. The molecule has 2 rings (SSSR count). The van der Waals surface area contributed by atoms with Crippen LogP contribution in [0.2, 0.25) is 0 Å². The lowest BCUT2D eigenvalue weighted by atomic mass is 10.1. The van der Waals surface area contributed by atoms with E-state index in [4.69, 9.17) is 0 Å². The highest BCUT2D eigenvalue weighted by atomic mass is 16.1. The quantitative estimate of drug-likeness (QED) is 0.564. The van der Waals surface area contributed by atoms with Crippen molar-refractivity contribution in [3.8, 4) is 0 Å². The Labute approximate surface area is 180 Å². The van der Waals surface area contributed by atoms with E-state index in [1.54, 1.807) is 7.05 Å². The second-order valence-corrected chi connectivity index (χ2v) is 9.03. The third kappa shape index (κ3) is 6.61. The molecule has 2 aromatic rings. The van der Waals surface area contributed by atoms with Gasteiger partial charge in [0.25, 0.3) is 5.91 Å². The highest BCUT2D eigenvalue weighted by Crippen LogP contribution is 2.18. The van der Waals surface area contributed by atoms with Crippen LogP contribution in [0.4, 0.5) is 0 Å². The Balaban J connectivity index is 2.04. The minimum Gasteiger partial charge on any atom is -0.352 e. The number of aryl methyl sites for hydroxylation is 1. The van der Waals surface area contributed by atoms with Gasteiger partial charge in [0.1, 0.15) is 0 Å². The van der Waals surface area contributed by atoms with E-state index in [1.165, 1.54) is 5.56 Å². The molecule has 0 aliphatic carbocycles. The van der Waals surface area contributed by atoms with Crippen LogP contribution in [0.3, 0.4) is 0 Å². The maximum Gasteiger partial charge on any atom is 0.251 e. The molecule has 164 valence electrons. The van der Waals surface area contributed by atoms with E-state index in [9.17, 15) is 4.79 Å². The van der Waals surface area contributed by atoms with Crippen LogP contribution < -0.4 is 10.6 Å². The summed E-state index contributed by atoms with van der Waals surface area (Å²) in [5.74, 6) is 1.09. The summed E-state index contributed by atoms with van der Waals surface area (Å²) in [6.45, 7) is 11.5. The summed E-state index contributed by atoms with van der Waals surface area (Å²) in [6, 6.07) is 7.67. The van der Waals surface area contributed by atoms with Crippen molar-refractivity contribution >= 4 is 11.9 Å². The Morgan fingerprint density at radius 3 is 2.60 bits per heavy atom. The molecule has 0 saturated carbocycles. The van der Waals surface area contributed by atoms with Crippen LogP contribution in [0.5, 0.6) is 0 Å². The fraction of sp³-hybridized carbons (Fsp3) is 0.522. The highest BCUT2D eigenvalue weighted by Gasteiger charge is 2.17. The van der Waals surface area contributed by atoms with E-state index in [0.29, 0.717) is 18.0 Å². The van der Waals surface area contributed by atoms with Gasteiger partial charge in [-0.2, -0.15) is 5.10 Å². The molecule has 30 heavy (non-hydrogen) atoms. The molecule has 0 fully saturated rings. The summed E-state index contributed by atoms with van der Waals surface area (Å²) < 4.78 is 1.86. The third-order valence-corrected chi connectivity index (χ3v) is 4.59. The Morgan fingerprint density at radius 1 is 1.30 bits per heavy atom. The van der Waals surface area contributed by atoms with Gasteiger partial charge < -0.3 is 15.5 Å². The average molecular weight is 413 g/mol. The molecule has 0 unspecified atom stereocenters. The average Bonchev–Trinajstić information content (AvgIpc) is 3.01. The Kier molecular flexibility index (Phi) is 7.65. The molecule has 0 saturated heterocycles. The number of aromatic nitrogens is 2. The maximum atomic E-state index is 12.4. The van der Waals surface area contributed by atoms with Gasteiger partial charge in [0.15, 0.2) is 5.96 Å². The first kappa shape index (κ1) is 23.4. The molecule has 7 heteroatoms. The largest absolute Gasteiger partial charge is 0.352 e. The number of aliphatic imine (C=N–C) groups is 1. The van der Waals surface area contributed by atoms with Gasteiger partial charge in [-0.15, -0.1) is 0 Å². The van der Waals surface area contributed by atoms with Crippen LogP contribution in [0.1, 0.15) is 67.7 Å². The number of nitrogens with zero attached hydrogens (tertiary/aromatic N) is 4. The monoisotopic (exact) mass is 412 g/mol. The molecule has 0 aliphatic rings. The van der Waals surface area contributed by atoms with Crippen molar-refractivity contribution in [2.45, 2.75) is 59.2 Å². The Bertz CT molecular complexity index is 891. The molecule has 1 amide bonds.